The molecule has 2 aromatic heterocycles. The largest absolute Gasteiger partial charge is 0.238 e. The van der Waals surface area contributed by atoms with Crippen LogP contribution in [0.25, 0.3) is 33.9 Å². The fraction of sp³-hybridized carbons (Fsp3) is 0.0667. The first kappa shape index (κ1) is 24.5. The van der Waals surface area contributed by atoms with Gasteiger partial charge in [-0.25, -0.2) is 9.36 Å². The summed E-state index contributed by atoms with van der Waals surface area (Å²) in [6.07, 6.45) is 0. The molecule has 0 unspecified atom stereocenters. The van der Waals surface area contributed by atoms with Crippen molar-refractivity contribution in [3.8, 4) is 33.9 Å². The third kappa shape index (κ3) is 5.10. The van der Waals surface area contributed by atoms with Crippen LogP contribution in [0.5, 0.6) is 0 Å². The van der Waals surface area contributed by atoms with E-state index >= 15 is 0 Å². The van der Waals surface area contributed by atoms with Crippen molar-refractivity contribution in [3.63, 3.8) is 0 Å². The molecular weight excluding hydrogens is 604 g/mol. The molecule has 0 atom stereocenters. The number of hydrogen-bond donors (Lipinski definition) is 0. The van der Waals surface area contributed by atoms with Crippen LogP contribution in [0.4, 0.5) is 0 Å². The number of halogens is 2. The minimum absolute atomic E-state index is 0.556. The van der Waals surface area contributed by atoms with E-state index in [0.29, 0.717) is 13.1 Å². The SMILES string of the molecule is Brc1ccc(Cn2nnc(-c3ccccc3)c2-c2c(-c3ccccc3)nnn2Cc2ccc(Br)cc2)cc1. The van der Waals surface area contributed by atoms with Gasteiger partial charge >= 0.3 is 0 Å². The van der Waals surface area contributed by atoms with Gasteiger partial charge in [0.05, 0.1) is 13.1 Å². The summed E-state index contributed by atoms with van der Waals surface area (Å²) >= 11 is 7.07. The highest BCUT2D eigenvalue weighted by molar-refractivity contribution is 9.10. The van der Waals surface area contributed by atoms with E-state index < -0.39 is 0 Å². The first-order valence-electron chi connectivity index (χ1n) is 12.1. The lowest BCUT2D eigenvalue weighted by molar-refractivity contribution is 0.630. The maximum atomic E-state index is 4.68. The normalized spacial score (nSPS) is 11.1. The minimum Gasteiger partial charge on any atom is -0.238 e. The zero-order valence-corrected chi connectivity index (χ0v) is 23.4. The van der Waals surface area contributed by atoms with Crippen molar-refractivity contribution in [3.05, 3.63) is 129 Å². The van der Waals surface area contributed by atoms with Gasteiger partial charge in [-0.3, -0.25) is 0 Å². The lowest BCUT2D eigenvalue weighted by Gasteiger charge is -2.13. The second kappa shape index (κ2) is 10.8. The van der Waals surface area contributed by atoms with E-state index in [1.54, 1.807) is 0 Å². The summed E-state index contributed by atoms with van der Waals surface area (Å²) in [5, 5.41) is 18.6. The molecule has 0 aliphatic rings. The second-order valence-electron chi connectivity index (χ2n) is 8.87. The van der Waals surface area contributed by atoms with Crippen molar-refractivity contribution < 1.29 is 0 Å². The van der Waals surface area contributed by atoms with Gasteiger partial charge in [0, 0.05) is 20.1 Å². The van der Waals surface area contributed by atoms with Gasteiger partial charge in [-0.2, -0.15) is 0 Å². The van der Waals surface area contributed by atoms with Crippen LogP contribution in [-0.4, -0.2) is 30.0 Å². The lowest BCUT2D eigenvalue weighted by Crippen LogP contribution is -2.10. The highest BCUT2D eigenvalue weighted by Crippen LogP contribution is 2.36. The van der Waals surface area contributed by atoms with Crippen LogP contribution in [0.3, 0.4) is 0 Å². The van der Waals surface area contributed by atoms with Crippen molar-refractivity contribution in [2.24, 2.45) is 0 Å². The van der Waals surface area contributed by atoms with E-state index in [1.807, 2.05) is 70.0 Å². The van der Waals surface area contributed by atoms with Gasteiger partial charge in [-0.1, -0.05) is 127 Å². The Bertz CT molecular complexity index is 1530. The van der Waals surface area contributed by atoms with Crippen molar-refractivity contribution in [2.75, 3.05) is 0 Å². The molecule has 0 bridgehead atoms. The Morgan fingerprint density at radius 3 is 1.21 bits per heavy atom. The molecule has 8 heteroatoms. The van der Waals surface area contributed by atoms with Crippen LogP contribution in [0.1, 0.15) is 11.1 Å². The number of nitrogens with zero attached hydrogens (tertiary/aromatic N) is 6. The van der Waals surface area contributed by atoms with Gasteiger partial charge in [-0.05, 0) is 35.4 Å². The molecule has 186 valence electrons. The molecule has 0 aliphatic carbocycles. The van der Waals surface area contributed by atoms with Crippen LogP contribution in [-0.2, 0) is 13.1 Å². The molecule has 0 spiro atoms. The highest BCUT2D eigenvalue weighted by Gasteiger charge is 2.26. The average Bonchev–Trinajstić information content (AvgIpc) is 3.55. The Morgan fingerprint density at radius 2 is 0.842 bits per heavy atom. The van der Waals surface area contributed by atoms with Crippen LogP contribution in [0.2, 0.25) is 0 Å². The third-order valence-corrected chi connectivity index (χ3v) is 7.34. The first-order chi connectivity index (χ1) is 18.7. The van der Waals surface area contributed by atoms with Crippen LogP contribution < -0.4 is 0 Å². The van der Waals surface area contributed by atoms with Gasteiger partial charge in [-0.15, -0.1) is 10.2 Å². The molecule has 0 fully saturated rings. The predicted molar refractivity (Wildman–Crippen MR) is 156 cm³/mol. The minimum atomic E-state index is 0.556. The summed E-state index contributed by atoms with van der Waals surface area (Å²) in [6, 6.07) is 36.8. The van der Waals surface area contributed by atoms with Crippen molar-refractivity contribution in [1.82, 2.24) is 30.0 Å². The maximum Gasteiger partial charge on any atom is 0.122 e. The predicted octanol–water partition coefficient (Wildman–Crippen LogP) is 7.49. The molecule has 0 saturated carbocycles. The van der Waals surface area contributed by atoms with Gasteiger partial charge in [0.25, 0.3) is 0 Å². The van der Waals surface area contributed by atoms with E-state index in [-0.39, 0.29) is 0 Å². The Balaban J connectivity index is 1.56. The molecule has 0 saturated heterocycles. The number of rotatable bonds is 7. The Kier molecular flexibility index (Phi) is 6.98. The molecule has 0 amide bonds. The topological polar surface area (TPSA) is 61.4 Å². The van der Waals surface area contributed by atoms with Crippen LogP contribution >= 0.6 is 31.9 Å². The Morgan fingerprint density at radius 1 is 0.474 bits per heavy atom. The molecule has 6 rings (SSSR count). The molecule has 2 heterocycles. The van der Waals surface area contributed by atoms with Gasteiger partial charge < -0.3 is 0 Å². The van der Waals surface area contributed by atoms with E-state index in [2.05, 4.69) is 101 Å². The molecule has 38 heavy (non-hydrogen) atoms. The third-order valence-electron chi connectivity index (χ3n) is 6.28. The molecule has 0 aliphatic heterocycles. The zero-order valence-electron chi connectivity index (χ0n) is 20.2. The number of benzene rings is 4. The van der Waals surface area contributed by atoms with Crippen molar-refractivity contribution >= 4 is 31.9 Å². The standard InChI is InChI=1S/C30H22Br2N6/c31-25-15-11-21(12-16-25)19-37-29(27(33-35-37)23-7-3-1-4-8-23)30-28(24-9-5-2-6-10-24)34-36-38(30)20-22-13-17-26(32)18-14-22/h1-18H,19-20H2. The Labute approximate surface area is 237 Å². The zero-order chi connectivity index (χ0) is 25.9. The first-order valence-corrected chi connectivity index (χ1v) is 13.7. The monoisotopic (exact) mass is 624 g/mol. The Hall–Kier alpha value is -3.88. The molecule has 6 nitrogen and oxygen atoms in total. The van der Waals surface area contributed by atoms with Crippen LogP contribution in [0.15, 0.2) is 118 Å². The fourth-order valence-electron chi connectivity index (χ4n) is 4.42. The smallest absolute Gasteiger partial charge is 0.122 e. The van der Waals surface area contributed by atoms with Crippen molar-refractivity contribution in [2.45, 2.75) is 13.1 Å². The van der Waals surface area contributed by atoms with Gasteiger partial charge in [0.15, 0.2) is 0 Å². The quantitative estimate of drug-likeness (QED) is 0.184. The second-order valence-corrected chi connectivity index (χ2v) is 10.7. The summed E-state index contributed by atoms with van der Waals surface area (Å²) in [4.78, 5) is 0. The van der Waals surface area contributed by atoms with Crippen molar-refractivity contribution in [1.29, 1.82) is 0 Å². The van der Waals surface area contributed by atoms with Crippen LogP contribution in [0, 0.1) is 0 Å². The maximum absolute atomic E-state index is 4.68. The summed E-state index contributed by atoms with van der Waals surface area (Å²) in [5.41, 5.74) is 7.54. The number of aromatic nitrogens is 6. The molecule has 6 aromatic rings. The molecule has 0 radical (unpaired) electrons. The summed E-state index contributed by atoms with van der Waals surface area (Å²) < 4.78 is 5.98. The molecule has 4 aromatic carbocycles. The van der Waals surface area contributed by atoms with E-state index in [4.69, 9.17) is 0 Å². The summed E-state index contributed by atoms with van der Waals surface area (Å²) in [5.74, 6) is 0. The van der Waals surface area contributed by atoms with E-state index in [9.17, 15) is 0 Å². The highest BCUT2D eigenvalue weighted by atomic mass is 79.9. The molecular formula is C30H22Br2N6. The number of hydrogen-bond acceptors (Lipinski definition) is 4. The average molecular weight is 626 g/mol. The van der Waals surface area contributed by atoms with Gasteiger partial charge in [0.2, 0.25) is 0 Å². The van der Waals surface area contributed by atoms with Gasteiger partial charge in [0.1, 0.15) is 22.8 Å². The fourth-order valence-corrected chi connectivity index (χ4v) is 4.95. The molecule has 0 N–H and O–H groups in total. The lowest BCUT2D eigenvalue weighted by atomic mass is 10.0. The van der Waals surface area contributed by atoms with E-state index in [1.165, 1.54) is 0 Å². The summed E-state index contributed by atoms with van der Waals surface area (Å²) in [6.45, 7) is 1.11. The summed E-state index contributed by atoms with van der Waals surface area (Å²) in [7, 11) is 0. The van der Waals surface area contributed by atoms with E-state index in [0.717, 1.165) is 54.0 Å².